The number of benzene rings is 2. The number of halogens is 2. The Morgan fingerprint density at radius 1 is 1.11 bits per heavy atom. The maximum atomic E-state index is 12.5. The second-order valence-electron chi connectivity index (χ2n) is 8.78. The van der Waals surface area contributed by atoms with E-state index in [0.717, 1.165) is 40.9 Å². The summed E-state index contributed by atoms with van der Waals surface area (Å²) >= 11 is 13.9. The number of aromatic nitrogens is 3. The summed E-state index contributed by atoms with van der Waals surface area (Å²) < 4.78 is 12.3. The molecule has 2 aromatic carbocycles. The average molecular weight is 533 g/mol. The van der Waals surface area contributed by atoms with Crippen LogP contribution >= 0.6 is 35.0 Å². The Hall–Kier alpha value is -2.42. The van der Waals surface area contributed by atoms with Crippen molar-refractivity contribution >= 4 is 46.6 Å². The fourth-order valence-corrected chi connectivity index (χ4v) is 6.39. The summed E-state index contributed by atoms with van der Waals surface area (Å²) in [6.07, 6.45) is 0. The Kier molecular flexibility index (Phi) is 7.14. The van der Waals surface area contributed by atoms with E-state index >= 15 is 0 Å². The Labute approximate surface area is 218 Å². The zero-order chi connectivity index (χ0) is 24.5. The van der Waals surface area contributed by atoms with Gasteiger partial charge in [-0.25, -0.2) is 9.48 Å². The number of ether oxygens (including phenoxy) is 2. The molecule has 0 spiro atoms. The Morgan fingerprint density at radius 2 is 1.86 bits per heavy atom. The molecule has 10 heteroatoms. The predicted molar refractivity (Wildman–Crippen MR) is 138 cm³/mol. The monoisotopic (exact) mass is 532 g/mol. The van der Waals surface area contributed by atoms with Gasteiger partial charge >= 0.3 is 5.97 Å². The van der Waals surface area contributed by atoms with E-state index in [0.29, 0.717) is 41.0 Å². The molecule has 1 aliphatic heterocycles. The highest BCUT2D eigenvalue weighted by molar-refractivity contribution is 7.99. The molecule has 2 unspecified atom stereocenters. The highest BCUT2D eigenvalue weighted by Gasteiger charge is 2.55. The van der Waals surface area contributed by atoms with Crippen LogP contribution in [0.5, 0.6) is 5.75 Å². The summed E-state index contributed by atoms with van der Waals surface area (Å²) in [7, 11) is 1.64. The Balaban J connectivity index is 1.25. The van der Waals surface area contributed by atoms with Crippen molar-refractivity contribution in [1.82, 2.24) is 15.0 Å². The van der Waals surface area contributed by atoms with Crippen molar-refractivity contribution in [2.24, 2.45) is 17.8 Å². The number of piperidine rings is 1. The molecule has 2 aliphatic rings. The quantitative estimate of drug-likeness (QED) is 0.273. The first-order valence-corrected chi connectivity index (χ1v) is 13.3. The molecule has 35 heavy (non-hydrogen) atoms. The molecule has 1 saturated carbocycles. The van der Waals surface area contributed by atoms with E-state index in [1.165, 1.54) is 0 Å². The highest BCUT2D eigenvalue weighted by Crippen LogP contribution is 2.54. The summed E-state index contributed by atoms with van der Waals surface area (Å²) in [4.78, 5) is 14.9. The SMILES string of the molecule is CCOC(=O)c1nnn(Cc2ccc(OC)cc2)c1SCC1C2CN(c3ccc(Cl)c(Cl)c3)CC12. The van der Waals surface area contributed by atoms with Crippen molar-refractivity contribution in [3.63, 3.8) is 0 Å². The number of nitrogens with zero attached hydrogens (tertiary/aromatic N) is 4. The van der Waals surface area contributed by atoms with Gasteiger partial charge in [0.25, 0.3) is 0 Å². The molecule has 5 rings (SSSR count). The summed E-state index contributed by atoms with van der Waals surface area (Å²) in [6.45, 7) is 4.61. The van der Waals surface area contributed by atoms with Gasteiger partial charge in [-0.05, 0) is 60.6 Å². The second kappa shape index (κ2) is 10.3. The third kappa shape index (κ3) is 5.10. The average Bonchev–Trinajstić information content (AvgIpc) is 3.17. The number of hydrogen-bond acceptors (Lipinski definition) is 7. The number of esters is 1. The molecule has 1 aliphatic carbocycles. The van der Waals surface area contributed by atoms with Gasteiger partial charge in [0.1, 0.15) is 10.8 Å². The number of anilines is 1. The van der Waals surface area contributed by atoms with Gasteiger partial charge in [0, 0.05) is 24.5 Å². The number of methoxy groups -OCH3 is 1. The molecule has 0 radical (unpaired) electrons. The fourth-order valence-electron chi connectivity index (χ4n) is 4.75. The number of rotatable bonds is 9. The second-order valence-corrected chi connectivity index (χ2v) is 10.6. The lowest BCUT2D eigenvalue weighted by atomic mass is 10.2. The molecule has 2 heterocycles. The number of hydrogen-bond donors (Lipinski definition) is 0. The van der Waals surface area contributed by atoms with Crippen molar-refractivity contribution in [3.8, 4) is 5.75 Å². The van der Waals surface area contributed by atoms with E-state index in [-0.39, 0.29) is 5.69 Å². The molecule has 7 nitrogen and oxygen atoms in total. The van der Waals surface area contributed by atoms with E-state index in [2.05, 4.69) is 15.2 Å². The molecule has 2 fully saturated rings. The molecule has 1 saturated heterocycles. The molecule has 184 valence electrons. The van der Waals surface area contributed by atoms with Gasteiger partial charge in [-0.1, -0.05) is 40.5 Å². The highest BCUT2D eigenvalue weighted by atomic mass is 35.5. The predicted octanol–water partition coefficient (Wildman–Crippen LogP) is 5.29. The summed E-state index contributed by atoms with van der Waals surface area (Å²) in [5.41, 5.74) is 2.45. The third-order valence-electron chi connectivity index (χ3n) is 6.70. The van der Waals surface area contributed by atoms with Crippen molar-refractivity contribution in [2.75, 3.05) is 37.5 Å². The fraction of sp³-hybridized carbons (Fsp3) is 0.400. The first kappa shape index (κ1) is 24.3. The number of carbonyl (C=O) groups is 1. The van der Waals surface area contributed by atoms with Crippen LogP contribution in [0.3, 0.4) is 0 Å². The van der Waals surface area contributed by atoms with E-state index < -0.39 is 5.97 Å². The molecular formula is C25H26Cl2N4O3S. The van der Waals surface area contributed by atoms with Gasteiger partial charge in [-0.3, -0.25) is 0 Å². The van der Waals surface area contributed by atoms with Crippen LogP contribution in [0.4, 0.5) is 5.69 Å². The minimum absolute atomic E-state index is 0.286. The normalized spacial score (nSPS) is 20.6. The molecule has 1 aromatic heterocycles. The topological polar surface area (TPSA) is 69.5 Å². The largest absolute Gasteiger partial charge is 0.497 e. The van der Waals surface area contributed by atoms with E-state index in [9.17, 15) is 4.79 Å². The lowest BCUT2D eigenvalue weighted by Gasteiger charge is -2.22. The van der Waals surface area contributed by atoms with Crippen LogP contribution in [0.25, 0.3) is 0 Å². The number of carbonyl (C=O) groups excluding carboxylic acids is 1. The third-order valence-corrected chi connectivity index (χ3v) is 8.67. The van der Waals surface area contributed by atoms with Crippen LogP contribution in [0, 0.1) is 17.8 Å². The molecular weight excluding hydrogens is 507 g/mol. The lowest BCUT2D eigenvalue weighted by molar-refractivity contribution is 0.0515. The summed E-state index contributed by atoms with van der Waals surface area (Å²) in [5, 5.41) is 10.4. The van der Waals surface area contributed by atoms with Crippen molar-refractivity contribution in [3.05, 3.63) is 63.8 Å². The maximum Gasteiger partial charge on any atom is 0.361 e. The summed E-state index contributed by atoms with van der Waals surface area (Å²) in [5.74, 6) is 3.13. The van der Waals surface area contributed by atoms with Crippen LogP contribution in [-0.4, -0.2) is 53.5 Å². The van der Waals surface area contributed by atoms with Crippen LogP contribution in [0.15, 0.2) is 47.5 Å². The van der Waals surface area contributed by atoms with Gasteiger partial charge in [0.15, 0.2) is 0 Å². The number of thioether (sulfide) groups is 1. The molecule has 0 bridgehead atoms. The zero-order valence-corrected chi connectivity index (χ0v) is 21.8. The zero-order valence-electron chi connectivity index (χ0n) is 19.5. The van der Waals surface area contributed by atoms with Gasteiger partial charge in [-0.2, -0.15) is 0 Å². The molecule has 0 amide bonds. The van der Waals surface area contributed by atoms with E-state index in [1.807, 2.05) is 42.5 Å². The molecule has 2 atom stereocenters. The van der Waals surface area contributed by atoms with Gasteiger partial charge in [0.05, 0.1) is 30.3 Å². The lowest BCUT2D eigenvalue weighted by Crippen LogP contribution is -2.24. The maximum absolute atomic E-state index is 12.5. The van der Waals surface area contributed by atoms with Gasteiger partial charge in [-0.15, -0.1) is 16.9 Å². The smallest absolute Gasteiger partial charge is 0.361 e. The van der Waals surface area contributed by atoms with Crippen LogP contribution in [-0.2, 0) is 11.3 Å². The van der Waals surface area contributed by atoms with E-state index in [1.54, 1.807) is 30.5 Å². The van der Waals surface area contributed by atoms with Crippen LogP contribution in [0.1, 0.15) is 23.0 Å². The van der Waals surface area contributed by atoms with Crippen molar-refractivity contribution in [1.29, 1.82) is 0 Å². The van der Waals surface area contributed by atoms with Crippen molar-refractivity contribution < 1.29 is 14.3 Å². The van der Waals surface area contributed by atoms with Gasteiger partial charge in [0.2, 0.25) is 5.69 Å². The minimum Gasteiger partial charge on any atom is -0.497 e. The van der Waals surface area contributed by atoms with E-state index in [4.69, 9.17) is 32.7 Å². The molecule has 0 N–H and O–H groups in total. The Bertz CT molecular complexity index is 1210. The molecule has 3 aromatic rings. The first-order chi connectivity index (χ1) is 17.0. The van der Waals surface area contributed by atoms with Crippen molar-refractivity contribution in [2.45, 2.75) is 18.5 Å². The first-order valence-electron chi connectivity index (χ1n) is 11.5. The van der Waals surface area contributed by atoms with Crippen LogP contribution in [0.2, 0.25) is 10.0 Å². The number of fused-ring (bicyclic) bond motifs is 1. The summed E-state index contributed by atoms with van der Waals surface area (Å²) in [6, 6.07) is 13.6. The van der Waals surface area contributed by atoms with Crippen LogP contribution < -0.4 is 9.64 Å². The standard InChI is InChI=1S/C25H26Cl2N4O3S/c1-3-34-25(32)23-24(31(29-28-23)11-15-4-7-17(33-2)8-5-15)35-14-20-18-12-30(13-19(18)20)16-6-9-21(26)22(27)10-16/h4-10,18-20H,3,11-14H2,1-2H3. The van der Waals surface area contributed by atoms with Gasteiger partial charge < -0.3 is 14.4 Å². The Morgan fingerprint density at radius 3 is 2.51 bits per heavy atom. The minimum atomic E-state index is -0.433.